The van der Waals surface area contributed by atoms with Crippen molar-refractivity contribution in [2.45, 2.75) is 25.4 Å². The first kappa shape index (κ1) is 16.4. The second-order valence-electron chi connectivity index (χ2n) is 6.47. The molecule has 1 aliphatic rings. The van der Waals surface area contributed by atoms with Crippen molar-refractivity contribution in [1.82, 2.24) is 4.98 Å². The number of nitriles is 1. The second kappa shape index (κ2) is 7.03. The highest BCUT2D eigenvalue weighted by molar-refractivity contribution is 5.40. The van der Waals surface area contributed by atoms with Crippen molar-refractivity contribution >= 4 is 0 Å². The van der Waals surface area contributed by atoms with Crippen LogP contribution in [-0.2, 0) is 12.8 Å². The molecule has 0 radical (unpaired) electrons. The fourth-order valence-corrected chi connectivity index (χ4v) is 3.39. The summed E-state index contributed by atoms with van der Waals surface area (Å²) in [5.41, 5.74) is 2.44. The topological polar surface area (TPSA) is 79.3 Å². The summed E-state index contributed by atoms with van der Waals surface area (Å²) in [5.74, 6) is 2.00. The molecule has 26 heavy (non-hydrogen) atoms. The van der Waals surface area contributed by atoms with Crippen LogP contribution in [-0.4, -0.2) is 10.1 Å². The van der Waals surface area contributed by atoms with Gasteiger partial charge in [0.25, 0.3) is 0 Å². The van der Waals surface area contributed by atoms with E-state index in [1.807, 2.05) is 42.5 Å². The van der Waals surface area contributed by atoms with Crippen molar-refractivity contribution in [2.24, 2.45) is 5.92 Å². The van der Waals surface area contributed by atoms with E-state index in [9.17, 15) is 5.11 Å². The van der Waals surface area contributed by atoms with Crippen LogP contribution in [0, 0.1) is 17.2 Å². The largest absolute Gasteiger partial charge is 0.457 e. The highest BCUT2D eigenvalue weighted by Gasteiger charge is 2.29. The molecule has 1 aromatic heterocycles. The molecule has 2 atom stereocenters. The van der Waals surface area contributed by atoms with Gasteiger partial charge in [0.05, 0.1) is 6.20 Å². The van der Waals surface area contributed by atoms with E-state index in [1.54, 1.807) is 0 Å². The van der Waals surface area contributed by atoms with Gasteiger partial charge in [0.1, 0.15) is 23.7 Å². The number of aliphatic hydroxyl groups is 1. The molecule has 0 saturated carbocycles. The number of hydrogen-bond donors (Lipinski definition) is 1. The molecule has 130 valence electrons. The van der Waals surface area contributed by atoms with E-state index in [2.05, 4.69) is 17.1 Å². The van der Waals surface area contributed by atoms with Gasteiger partial charge in [-0.25, -0.2) is 4.98 Å². The average molecular weight is 346 g/mol. The molecule has 0 aliphatic heterocycles. The minimum atomic E-state index is -0.800. The van der Waals surface area contributed by atoms with Crippen LogP contribution in [0.25, 0.3) is 0 Å². The van der Waals surface area contributed by atoms with Gasteiger partial charge in [0.15, 0.2) is 0 Å². The lowest BCUT2D eigenvalue weighted by Gasteiger charge is -2.27. The van der Waals surface area contributed by atoms with Crippen molar-refractivity contribution < 1.29 is 14.3 Å². The molecule has 0 saturated heterocycles. The van der Waals surface area contributed by atoms with E-state index < -0.39 is 6.10 Å². The quantitative estimate of drug-likeness (QED) is 0.767. The van der Waals surface area contributed by atoms with Crippen molar-refractivity contribution in [1.29, 1.82) is 5.26 Å². The Bertz CT molecular complexity index is 943. The summed E-state index contributed by atoms with van der Waals surface area (Å²) >= 11 is 0. The third-order valence-corrected chi connectivity index (χ3v) is 4.76. The molecule has 0 amide bonds. The van der Waals surface area contributed by atoms with Crippen LogP contribution in [0.15, 0.2) is 59.1 Å². The van der Waals surface area contributed by atoms with Crippen LogP contribution < -0.4 is 4.74 Å². The highest BCUT2D eigenvalue weighted by Crippen LogP contribution is 2.36. The maximum atomic E-state index is 10.5. The van der Waals surface area contributed by atoms with Crippen molar-refractivity contribution in [3.63, 3.8) is 0 Å². The maximum absolute atomic E-state index is 10.5. The molecule has 0 bridgehead atoms. The van der Waals surface area contributed by atoms with E-state index in [-0.39, 0.29) is 17.6 Å². The Morgan fingerprint density at radius 2 is 2.00 bits per heavy atom. The third-order valence-electron chi connectivity index (χ3n) is 4.76. The standard InChI is InChI=1S/C21H18N2O3/c22-12-19-13-23-21(26-19)20(24)16-7-6-15-11-18(9-8-14(15)10-16)25-17-4-2-1-3-5-17/h1-5,8-9,11,13,16,20,24H,6-7,10H2. The Labute approximate surface area is 151 Å². The van der Waals surface area contributed by atoms with Crippen LogP contribution in [0.5, 0.6) is 11.5 Å². The summed E-state index contributed by atoms with van der Waals surface area (Å²) in [5, 5.41) is 19.4. The number of oxazole rings is 1. The number of ether oxygens (including phenoxy) is 1. The Balaban J connectivity index is 1.48. The smallest absolute Gasteiger partial charge is 0.225 e. The van der Waals surface area contributed by atoms with Crippen LogP contribution in [0.1, 0.15) is 35.3 Å². The van der Waals surface area contributed by atoms with Crippen molar-refractivity contribution in [2.75, 3.05) is 0 Å². The van der Waals surface area contributed by atoms with Gasteiger partial charge in [0, 0.05) is 0 Å². The first-order chi connectivity index (χ1) is 12.7. The number of nitrogens with zero attached hydrogens (tertiary/aromatic N) is 2. The molecule has 4 rings (SSSR count). The molecule has 1 aliphatic carbocycles. The van der Waals surface area contributed by atoms with Crippen LogP contribution in [0.4, 0.5) is 0 Å². The molecule has 2 aromatic carbocycles. The first-order valence-electron chi connectivity index (χ1n) is 8.61. The minimum absolute atomic E-state index is 0.0218. The van der Waals surface area contributed by atoms with E-state index >= 15 is 0 Å². The SMILES string of the molecule is N#Cc1cnc(C(O)C2CCc3cc(Oc4ccccc4)ccc3C2)o1. The number of para-hydroxylation sites is 1. The Kier molecular flexibility index (Phi) is 4.42. The monoisotopic (exact) mass is 346 g/mol. The molecule has 1 N–H and O–H groups in total. The Morgan fingerprint density at radius 3 is 2.77 bits per heavy atom. The number of aliphatic hydroxyl groups excluding tert-OH is 1. The molecule has 1 heterocycles. The molecule has 3 aromatic rings. The van der Waals surface area contributed by atoms with Gasteiger partial charge >= 0.3 is 0 Å². The lowest BCUT2D eigenvalue weighted by molar-refractivity contribution is 0.0727. The van der Waals surface area contributed by atoms with E-state index in [0.29, 0.717) is 0 Å². The normalized spacial score (nSPS) is 17.2. The fourth-order valence-electron chi connectivity index (χ4n) is 3.39. The summed E-state index contributed by atoms with van der Waals surface area (Å²) in [6.45, 7) is 0. The Morgan fingerprint density at radius 1 is 1.15 bits per heavy atom. The van der Waals surface area contributed by atoms with Gasteiger partial charge < -0.3 is 14.3 Å². The Hall–Kier alpha value is -3.10. The van der Waals surface area contributed by atoms with Gasteiger partial charge in [-0.1, -0.05) is 24.3 Å². The zero-order valence-electron chi connectivity index (χ0n) is 14.1. The number of rotatable bonds is 4. The lowest BCUT2D eigenvalue weighted by atomic mass is 9.81. The van der Waals surface area contributed by atoms with Crippen molar-refractivity contribution in [3.05, 3.63) is 77.5 Å². The van der Waals surface area contributed by atoms with Gasteiger partial charge in [-0.3, -0.25) is 0 Å². The maximum Gasteiger partial charge on any atom is 0.225 e. The second-order valence-corrected chi connectivity index (χ2v) is 6.47. The fraction of sp³-hybridized carbons (Fsp3) is 0.238. The summed E-state index contributed by atoms with van der Waals surface area (Å²) < 4.78 is 11.2. The van der Waals surface area contributed by atoms with Gasteiger partial charge in [-0.2, -0.15) is 5.26 Å². The van der Waals surface area contributed by atoms with E-state index in [4.69, 9.17) is 14.4 Å². The predicted molar refractivity (Wildman–Crippen MR) is 94.7 cm³/mol. The number of aryl methyl sites for hydroxylation is 1. The molecule has 2 unspecified atom stereocenters. The zero-order chi connectivity index (χ0) is 17.9. The van der Waals surface area contributed by atoms with Crippen LogP contribution in [0.3, 0.4) is 0 Å². The minimum Gasteiger partial charge on any atom is -0.457 e. The van der Waals surface area contributed by atoms with Crippen molar-refractivity contribution in [3.8, 4) is 17.6 Å². The summed E-state index contributed by atoms with van der Waals surface area (Å²) in [6, 6.07) is 17.7. The van der Waals surface area contributed by atoms with E-state index in [1.165, 1.54) is 17.3 Å². The molecule has 5 nitrogen and oxygen atoms in total. The predicted octanol–water partition coefficient (Wildman–Crippen LogP) is 4.18. The lowest BCUT2D eigenvalue weighted by Crippen LogP contribution is -2.21. The average Bonchev–Trinajstić information content (AvgIpc) is 3.17. The molecular formula is C21H18N2O3. The summed E-state index contributed by atoms with van der Waals surface area (Å²) in [6.07, 6.45) is 2.97. The molecular weight excluding hydrogens is 328 g/mol. The molecule has 5 heteroatoms. The third kappa shape index (κ3) is 3.32. The van der Waals surface area contributed by atoms with Crippen LogP contribution >= 0.6 is 0 Å². The summed E-state index contributed by atoms with van der Waals surface area (Å²) in [7, 11) is 0. The zero-order valence-corrected chi connectivity index (χ0v) is 14.1. The first-order valence-corrected chi connectivity index (χ1v) is 8.61. The number of benzene rings is 2. The molecule has 0 spiro atoms. The van der Waals surface area contributed by atoms with Gasteiger partial charge in [-0.05, 0) is 60.6 Å². The van der Waals surface area contributed by atoms with Gasteiger partial charge in [0.2, 0.25) is 11.7 Å². The van der Waals surface area contributed by atoms with E-state index in [0.717, 1.165) is 30.8 Å². The van der Waals surface area contributed by atoms with Crippen LogP contribution in [0.2, 0.25) is 0 Å². The highest BCUT2D eigenvalue weighted by atomic mass is 16.5. The number of fused-ring (bicyclic) bond motifs is 1. The summed E-state index contributed by atoms with van der Waals surface area (Å²) in [4.78, 5) is 4.02. The molecule has 0 fully saturated rings. The van der Waals surface area contributed by atoms with Gasteiger partial charge in [-0.15, -0.1) is 0 Å². The number of aromatic nitrogens is 1. The number of hydrogen-bond acceptors (Lipinski definition) is 5.